The van der Waals surface area contributed by atoms with Gasteiger partial charge in [0.05, 0.1) is 12.8 Å². The monoisotopic (exact) mass is 531 g/mol. The third-order valence-electron chi connectivity index (χ3n) is 3.39. The van der Waals surface area contributed by atoms with Crippen molar-refractivity contribution in [2.45, 2.75) is 0 Å². The Bertz CT molecular complexity index is 768. The number of H-pyrrole nitrogens is 1. The number of benzene rings is 1. The van der Waals surface area contributed by atoms with Crippen LogP contribution in [0.5, 0.6) is 5.75 Å². The van der Waals surface area contributed by atoms with Gasteiger partial charge in [0.15, 0.2) is 0 Å². The minimum atomic E-state index is 0. The summed E-state index contributed by atoms with van der Waals surface area (Å²) in [6, 6.07) is 14.9. The molecule has 0 fully saturated rings. The molecule has 116 valence electrons. The zero-order valence-corrected chi connectivity index (χ0v) is 17.5. The van der Waals surface area contributed by atoms with Crippen molar-refractivity contribution in [1.82, 2.24) is 15.2 Å². The Kier molecular flexibility index (Phi) is 5.87. The first kappa shape index (κ1) is 17.6. The largest absolute Gasteiger partial charge is 0.496 e. The summed E-state index contributed by atoms with van der Waals surface area (Å²) in [5.74, 6) is 1.67. The van der Waals surface area contributed by atoms with Gasteiger partial charge in [0.1, 0.15) is 5.75 Å². The van der Waals surface area contributed by atoms with Gasteiger partial charge in [-0.3, -0.25) is 5.10 Å². The van der Waals surface area contributed by atoms with Crippen LogP contribution in [0, 0.1) is 37.2 Å². The van der Waals surface area contributed by atoms with Gasteiger partial charge in [0.25, 0.3) is 0 Å². The number of hydrogen-bond donors (Lipinski definition) is 1. The molecule has 0 unspecified atom stereocenters. The standard InChI is InChI=1S/C17H17N4O.U/c1-21(2)17-9-8-12(11-18-17)14-10-15(20-19-14)13-6-4-5-7-16(13)22-3;/h4-7,9-11H,1-3H3,(H,19,20);/q-1;. The molecule has 2 heterocycles. The van der Waals surface area contributed by atoms with Gasteiger partial charge in [-0.25, -0.2) is 5.10 Å². The summed E-state index contributed by atoms with van der Waals surface area (Å²) in [4.78, 5) is 6.32. The second-order valence-corrected chi connectivity index (χ2v) is 5.08. The van der Waals surface area contributed by atoms with Crippen LogP contribution in [0.2, 0.25) is 0 Å². The molecule has 23 heavy (non-hydrogen) atoms. The molecule has 0 bridgehead atoms. The van der Waals surface area contributed by atoms with Crippen LogP contribution < -0.4 is 9.64 Å². The first-order chi connectivity index (χ1) is 10.7. The molecule has 0 aliphatic heterocycles. The number of anilines is 1. The molecule has 0 spiro atoms. The van der Waals surface area contributed by atoms with Crippen molar-refractivity contribution in [2.24, 2.45) is 0 Å². The summed E-state index contributed by atoms with van der Waals surface area (Å²) in [5.41, 5.74) is 3.53. The van der Waals surface area contributed by atoms with Crippen LogP contribution in [0.15, 0.2) is 42.6 Å². The van der Waals surface area contributed by atoms with Crippen LogP contribution in [-0.4, -0.2) is 36.4 Å². The maximum atomic E-state index is 5.38. The van der Waals surface area contributed by atoms with Crippen LogP contribution in [0.3, 0.4) is 0 Å². The molecule has 0 aliphatic rings. The normalized spacial score (nSPS) is 10.0. The van der Waals surface area contributed by atoms with Crippen molar-refractivity contribution >= 4 is 5.82 Å². The minimum absolute atomic E-state index is 0. The summed E-state index contributed by atoms with van der Waals surface area (Å²) in [6.45, 7) is 0. The fourth-order valence-corrected chi connectivity index (χ4v) is 2.20. The van der Waals surface area contributed by atoms with Crippen molar-refractivity contribution in [3.05, 3.63) is 48.7 Å². The van der Waals surface area contributed by atoms with E-state index in [1.54, 1.807) is 13.3 Å². The number of pyridine rings is 1. The SMILES string of the molecule is COc1ccccc1-c1cc(-c2[c-]cc(N(C)C)nc2)n[nH]1.[U]. The predicted octanol–water partition coefficient (Wildman–Crippen LogP) is 3.01. The average molecular weight is 531 g/mol. The predicted molar refractivity (Wildman–Crippen MR) is 87.0 cm³/mol. The van der Waals surface area contributed by atoms with Gasteiger partial charge in [-0.05, 0) is 26.2 Å². The Morgan fingerprint density at radius 1 is 1.22 bits per heavy atom. The first-order valence-corrected chi connectivity index (χ1v) is 6.93. The van der Waals surface area contributed by atoms with Crippen molar-refractivity contribution in [1.29, 1.82) is 0 Å². The Morgan fingerprint density at radius 2 is 2.00 bits per heavy atom. The molecule has 2 aromatic heterocycles. The van der Waals surface area contributed by atoms with E-state index in [0.29, 0.717) is 0 Å². The maximum Gasteiger partial charge on any atom is 0.128 e. The minimum Gasteiger partial charge on any atom is -0.496 e. The quantitative estimate of drug-likeness (QED) is 0.527. The molecule has 6 heteroatoms. The molecule has 0 aliphatic carbocycles. The molecule has 0 atom stereocenters. The van der Waals surface area contributed by atoms with Crippen LogP contribution in [0.1, 0.15) is 0 Å². The van der Waals surface area contributed by atoms with E-state index >= 15 is 0 Å². The number of aromatic amines is 1. The molecule has 1 aromatic carbocycles. The Hall–Kier alpha value is -1.77. The van der Waals surface area contributed by atoms with Gasteiger partial charge >= 0.3 is 0 Å². The van der Waals surface area contributed by atoms with Gasteiger partial charge in [-0.2, -0.15) is 0 Å². The second-order valence-electron chi connectivity index (χ2n) is 5.08. The number of methoxy groups -OCH3 is 1. The summed E-state index contributed by atoms with van der Waals surface area (Å²) in [5, 5.41) is 7.39. The third-order valence-corrected chi connectivity index (χ3v) is 3.39. The second kappa shape index (κ2) is 7.67. The number of nitrogens with one attached hydrogen (secondary N) is 1. The molecule has 3 rings (SSSR count). The Balaban J connectivity index is 0.00000192. The van der Waals surface area contributed by atoms with E-state index < -0.39 is 0 Å². The number of rotatable bonds is 4. The fourth-order valence-electron chi connectivity index (χ4n) is 2.20. The average Bonchev–Trinajstić information content (AvgIpc) is 3.04. The molecule has 0 amide bonds. The van der Waals surface area contributed by atoms with E-state index in [0.717, 1.165) is 34.1 Å². The first-order valence-electron chi connectivity index (χ1n) is 6.93. The molecule has 3 aromatic rings. The van der Waals surface area contributed by atoms with Crippen molar-refractivity contribution in [2.75, 3.05) is 26.1 Å². The van der Waals surface area contributed by atoms with Crippen LogP contribution in [0.25, 0.3) is 22.5 Å². The molecule has 0 saturated heterocycles. The summed E-state index contributed by atoms with van der Waals surface area (Å²) in [6.07, 6.45) is 1.78. The van der Waals surface area contributed by atoms with Crippen molar-refractivity contribution in [3.63, 3.8) is 0 Å². The molecular formula is C17H17N4OU-. The van der Waals surface area contributed by atoms with Crippen molar-refractivity contribution < 1.29 is 35.9 Å². The van der Waals surface area contributed by atoms with E-state index in [4.69, 9.17) is 4.74 Å². The zero-order chi connectivity index (χ0) is 15.5. The smallest absolute Gasteiger partial charge is 0.128 e. The van der Waals surface area contributed by atoms with E-state index in [1.165, 1.54) is 0 Å². The van der Waals surface area contributed by atoms with E-state index in [1.807, 2.05) is 55.4 Å². The summed E-state index contributed by atoms with van der Waals surface area (Å²) < 4.78 is 5.38. The molecule has 1 N–H and O–H groups in total. The Labute approximate surface area is 159 Å². The van der Waals surface area contributed by atoms with E-state index in [9.17, 15) is 0 Å². The fraction of sp³-hybridized carbons (Fsp3) is 0.176. The number of aromatic nitrogens is 3. The third kappa shape index (κ3) is 3.77. The van der Waals surface area contributed by atoms with Gasteiger partial charge in [-0.15, -0.1) is 17.7 Å². The summed E-state index contributed by atoms with van der Waals surface area (Å²) >= 11 is 0. The zero-order valence-electron chi connectivity index (χ0n) is 13.3. The number of hydrogen-bond acceptors (Lipinski definition) is 4. The van der Waals surface area contributed by atoms with Crippen LogP contribution >= 0.6 is 0 Å². The summed E-state index contributed by atoms with van der Waals surface area (Å²) in [7, 11) is 5.56. The van der Waals surface area contributed by atoms with Crippen LogP contribution in [0.4, 0.5) is 5.82 Å². The number of nitrogens with zero attached hydrogens (tertiary/aromatic N) is 3. The van der Waals surface area contributed by atoms with Crippen molar-refractivity contribution in [3.8, 4) is 28.3 Å². The molecule has 0 saturated carbocycles. The van der Waals surface area contributed by atoms with Gasteiger partial charge in [-0.1, -0.05) is 24.4 Å². The van der Waals surface area contributed by atoms with Gasteiger partial charge in [0.2, 0.25) is 0 Å². The van der Waals surface area contributed by atoms with E-state index in [-0.39, 0.29) is 31.1 Å². The molecule has 5 nitrogen and oxygen atoms in total. The maximum absolute atomic E-state index is 5.38. The molecular weight excluding hydrogens is 514 g/mol. The van der Waals surface area contributed by atoms with Crippen LogP contribution in [-0.2, 0) is 0 Å². The Morgan fingerprint density at radius 3 is 2.65 bits per heavy atom. The van der Waals surface area contributed by atoms with Gasteiger partial charge < -0.3 is 14.6 Å². The molecule has 0 radical (unpaired) electrons. The van der Waals surface area contributed by atoms with Gasteiger partial charge in [0, 0.05) is 48.2 Å². The number of para-hydroxylation sites is 1. The topological polar surface area (TPSA) is 54.0 Å². The number of ether oxygens (including phenoxy) is 1. The van der Waals surface area contributed by atoms with E-state index in [2.05, 4.69) is 21.2 Å².